The number of nitrogens with zero attached hydrogens (tertiary/aromatic N) is 4. The van der Waals surface area contributed by atoms with Crippen LogP contribution in [0.4, 0.5) is 0 Å². The summed E-state index contributed by atoms with van der Waals surface area (Å²) in [5.74, 6) is -0.325. The van der Waals surface area contributed by atoms with E-state index in [0.29, 0.717) is 26.2 Å². The van der Waals surface area contributed by atoms with Crippen LogP contribution in [-0.4, -0.2) is 58.0 Å². The summed E-state index contributed by atoms with van der Waals surface area (Å²) in [5, 5.41) is 7.76. The van der Waals surface area contributed by atoms with Crippen molar-refractivity contribution in [1.29, 1.82) is 0 Å². The van der Waals surface area contributed by atoms with Crippen LogP contribution in [0.3, 0.4) is 0 Å². The summed E-state index contributed by atoms with van der Waals surface area (Å²) in [6, 6.07) is 3.12. The van der Waals surface area contributed by atoms with E-state index in [-0.39, 0.29) is 23.2 Å². The van der Waals surface area contributed by atoms with Gasteiger partial charge in [-0.15, -0.1) is 10.2 Å². The maximum Gasteiger partial charge on any atom is 0.274 e. The van der Waals surface area contributed by atoms with Crippen LogP contribution >= 0.6 is 0 Å². The first-order valence-corrected chi connectivity index (χ1v) is 7.01. The molecule has 1 aromatic heterocycles. The van der Waals surface area contributed by atoms with Gasteiger partial charge in [0.2, 0.25) is 0 Å². The van der Waals surface area contributed by atoms with Crippen molar-refractivity contribution in [2.45, 2.75) is 27.7 Å². The first-order chi connectivity index (χ1) is 9.58. The standard InChI is InChI=1S/C14H22N4O2/c1-5-17(6-2)13(19)11-9-10-12(16-15-11)14(20)18(7-3)8-4/h9-10H,5-8H2,1-4H3. The molecule has 0 radical (unpaired) electrons. The maximum absolute atomic E-state index is 12.1. The first kappa shape index (κ1) is 16.1. The second kappa shape index (κ2) is 7.57. The Labute approximate surface area is 119 Å². The molecule has 0 aliphatic rings. The zero-order valence-corrected chi connectivity index (χ0v) is 12.6. The Morgan fingerprint density at radius 2 is 1.10 bits per heavy atom. The van der Waals surface area contributed by atoms with Gasteiger partial charge in [0.25, 0.3) is 11.8 Å². The second-order valence-electron chi connectivity index (χ2n) is 4.26. The van der Waals surface area contributed by atoms with E-state index in [9.17, 15) is 9.59 Å². The van der Waals surface area contributed by atoms with Crippen molar-refractivity contribution in [1.82, 2.24) is 20.0 Å². The molecule has 0 saturated heterocycles. The highest BCUT2D eigenvalue weighted by molar-refractivity contribution is 5.94. The molecule has 0 aromatic carbocycles. The van der Waals surface area contributed by atoms with E-state index in [4.69, 9.17) is 0 Å². The highest BCUT2D eigenvalue weighted by Gasteiger charge is 2.18. The fourth-order valence-electron chi connectivity index (χ4n) is 1.91. The number of hydrogen-bond donors (Lipinski definition) is 0. The van der Waals surface area contributed by atoms with E-state index in [0.717, 1.165) is 0 Å². The van der Waals surface area contributed by atoms with Crippen molar-refractivity contribution >= 4 is 11.8 Å². The quantitative estimate of drug-likeness (QED) is 0.789. The van der Waals surface area contributed by atoms with Gasteiger partial charge in [0.15, 0.2) is 11.4 Å². The highest BCUT2D eigenvalue weighted by Crippen LogP contribution is 2.05. The molecule has 1 heterocycles. The predicted molar refractivity (Wildman–Crippen MR) is 76.5 cm³/mol. The molecule has 1 aromatic rings. The van der Waals surface area contributed by atoms with Crippen molar-refractivity contribution in [2.75, 3.05) is 26.2 Å². The molecule has 20 heavy (non-hydrogen) atoms. The van der Waals surface area contributed by atoms with Crippen LogP contribution in [0.25, 0.3) is 0 Å². The number of carbonyl (C=O) groups excluding carboxylic acids is 2. The van der Waals surface area contributed by atoms with E-state index in [1.807, 2.05) is 27.7 Å². The fraction of sp³-hybridized carbons (Fsp3) is 0.571. The molecule has 6 nitrogen and oxygen atoms in total. The molecule has 2 amide bonds. The molecule has 0 spiro atoms. The molecule has 1 rings (SSSR count). The van der Waals surface area contributed by atoms with Gasteiger partial charge in [0.1, 0.15) is 0 Å². The van der Waals surface area contributed by atoms with E-state index in [2.05, 4.69) is 10.2 Å². The summed E-state index contributed by atoms with van der Waals surface area (Å²) in [6.45, 7) is 10.1. The maximum atomic E-state index is 12.1. The lowest BCUT2D eigenvalue weighted by molar-refractivity contribution is 0.0749. The van der Waals surface area contributed by atoms with Crippen LogP contribution in [0.2, 0.25) is 0 Å². The molecule has 0 unspecified atom stereocenters. The van der Waals surface area contributed by atoms with Crippen molar-refractivity contribution < 1.29 is 9.59 Å². The number of aromatic nitrogens is 2. The molecule has 0 saturated carbocycles. The topological polar surface area (TPSA) is 66.4 Å². The van der Waals surface area contributed by atoms with Crippen LogP contribution in [0.1, 0.15) is 48.7 Å². The minimum Gasteiger partial charge on any atom is -0.338 e. The Balaban J connectivity index is 2.88. The summed E-state index contributed by atoms with van der Waals surface area (Å²) in [6.07, 6.45) is 0. The third kappa shape index (κ3) is 3.53. The zero-order chi connectivity index (χ0) is 15.1. The van der Waals surface area contributed by atoms with Crippen LogP contribution in [0.15, 0.2) is 12.1 Å². The molecular weight excluding hydrogens is 256 g/mol. The lowest BCUT2D eigenvalue weighted by Gasteiger charge is -2.19. The number of rotatable bonds is 6. The molecule has 0 aliphatic heterocycles. The minimum absolute atomic E-state index is 0.163. The number of amides is 2. The average Bonchev–Trinajstić information content (AvgIpc) is 2.49. The van der Waals surface area contributed by atoms with Crippen molar-refractivity contribution in [3.8, 4) is 0 Å². The van der Waals surface area contributed by atoms with Crippen molar-refractivity contribution in [3.05, 3.63) is 23.5 Å². The lowest BCUT2D eigenvalue weighted by Crippen LogP contribution is -2.33. The predicted octanol–water partition coefficient (Wildman–Crippen LogP) is 1.44. The minimum atomic E-state index is -0.163. The highest BCUT2D eigenvalue weighted by atomic mass is 16.2. The molecule has 0 fully saturated rings. The van der Waals surface area contributed by atoms with Crippen LogP contribution < -0.4 is 0 Å². The van der Waals surface area contributed by atoms with E-state index in [1.165, 1.54) is 0 Å². The van der Waals surface area contributed by atoms with Gasteiger partial charge in [-0.05, 0) is 39.8 Å². The Bertz CT molecular complexity index is 408. The number of hydrogen-bond acceptors (Lipinski definition) is 4. The summed E-state index contributed by atoms with van der Waals surface area (Å²) in [5.41, 5.74) is 0.537. The summed E-state index contributed by atoms with van der Waals surface area (Å²) >= 11 is 0. The third-order valence-corrected chi connectivity index (χ3v) is 3.20. The Morgan fingerprint density at radius 3 is 1.30 bits per heavy atom. The van der Waals surface area contributed by atoms with Gasteiger partial charge in [0, 0.05) is 26.2 Å². The third-order valence-electron chi connectivity index (χ3n) is 3.20. The SMILES string of the molecule is CCN(CC)C(=O)c1ccc(C(=O)N(CC)CC)nn1. The summed E-state index contributed by atoms with van der Waals surface area (Å²) in [7, 11) is 0. The van der Waals surface area contributed by atoms with Crippen LogP contribution in [-0.2, 0) is 0 Å². The van der Waals surface area contributed by atoms with Gasteiger partial charge in [0.05, 0.1) is 0 Å². The van der Waals surface area contributed by atoms with Crippen LogP contribution in [0.5, 0.6) is 0 Å². The molecular formula is C14H22N4O2. The Hall–Kier alpha value is -1.98. The largest absolute Gasteiger partial charge is 0.338 e. The van der Waals surface area contributed by atoms with Gasteiger partial charge in [-0.2, -0.15) is 0 Å². The average molecular weight is 278 g/mol. The summed E-state index contributed by atoms with van der Waals surface area (Å²) in [4.78, 5) is 27.4. The number of carbonyl (C=O) groups is 2. The van der Waals surface area contributed by atoms with E-state index < -0.39 is 0 Å². The summed E-state index contributed by atoms with van der Waals surface area (Å²) < 4.78 is 0. The van der Waals surface area contributed by atoms with Gasteiger partial charge < -0.3 is 9.80 Å². The van der Waals surface area contributed by atoms with Crippen molar-refractivity contribution in [3.63, 3.8) is 0 Å². The van der Waals surface area contributed by atoms with Gasteiger partial charge >= 0.3 is 0 Å². The fourth-order valence-corrected chi connectivity index (χ4v) is 1.91. The molecule has 0 N–H and O–H groups in total. The molecule has 0 atom stereocenters. The zero-order valence-electron chi connectivity index (χ0n) is 12.6. The van der Waals surface area contributed by atoms with Gasteiger partial charge in [-0.3, -0.25) is 9.59 Å². The Morgan fingerprint density at radius 1 is 0.800 bits per heavy atom. The van der Waals surface area contributed by atoms with Gasteiger partial charge in [-0.1, -0.05) is 0 Å². The van der Waals surface area contributed by atoms with Crippen molar-refractivity contribution in [2.24, 2.45) is 0 Å². The monoisotopic (exact) mass is 278 g/mol. The molecule has 0 aliphatic carbocycles. The second-order valence-corrected chi connectivity index (χ2v) is 4.26. The molecule has 0 bridgehead atoms. The molecule has 110 valence electrons. The molecule has 6 heteroatoms. The van der Waals surface area contributed by atoms with E-state index >= 15 is 0 Å². The smallest absolute Gasteiger partial charge is 0.274 e. The lowest BCUT2D eigenvalue weighted by atomic mass is 10.2. The first-order valence-electron chi connectivity index (χ1n) is 7.01. The van der Waals surface area contributed by atoms with Gasteiger partial charge in [-0.25, -0.2) is 0 Å². The van der Waals surface area contributed by atoms with Crippen LogP contribution in [0, 0.1) is 0 Å². The van der Waals surface area contributed by atoms with E-state index in [1.54, 1.807) is 21.9 Å². The Kier molecular flexibility index (Phi) is 6.09. The normalized spacial score (nSPS) is 10.2.